The van der Waals surface area contributed by atoms with E-state index in [2.05, 4.69) is 28.6 Å². The normalized spacial score (nSPS) is 13.3. The van der Waals surface area contributed by atoms with Crippen molar-refractivity contribution < 1.29 is 4.74 Å². The van der Waals surface area contributed by atoms with Crippen LogP contribution in [0.3, 0.4) is 0 Å². The third kappa shape index (κ3) is 5.68. The Morgan fingerprint density at radius 3 is 2.59 bits per heavy atom. The molecule has 0 fully saturated rings. The van der Waals surface area contributed by atoms with Crippen LogP contribution in [0.2, 0.25) is 10.0 Å². The van der Waals surface area contributed by atoms with Gasteiger partial charge < -0.3 is 9.30 Å². The highest BCUT2D eigenvalue weighted by atomic mass is 35.5. The Hall–Kier alpha value is -1.62. The number of aromatic nitrogens is 2. The van der Waals surface area contributed by atoms with Crippen LogP contribution in [0.4, 0.5) is 0 Å². The predicted molar refractivity (Wildman–Crippen MR) is 114 cm³/mol. The van der Waals surface area contributed by atoms with Gasteiger partial charge in [0.2, 0.25) is 0 Å². The van der Waals surface area contributed by atoms with Crippen LogP contribution in [0.25, 0.3) is 0 Å². The van der Waals surface area contributed by atoms with E-state index in [4.69, 9.17) is 27.9 Å². The molecular formula is C21H22Cl2N2OS. The lowest BCUT2D eigenvalue weighted by Gasteiger charge is -2.30. The number of thioether (sulfide) groups is 1. The fourth-order valence-electron chi connectivity index (χ4n) is 2.95. The fourth-order valence-corrected chi connectivity index (χ4v) is 4.72. The molecule has 0 saturated heterocycles. The number of imidazole rings is 1. The van der Waals surface area contributed by atoms with Crippen molar-refractivity contribution in [1.29, 1.82) is 0 Å². The van der Waals surface area contributed by atoms with Crippen molar-refractivity contribution in [2.24, 2.45) is 0 Å². The second-order valence-electron chi connectivity index (χ2n) is 6.71. The largest absolute Gasteiger partial charge is 0.497 e. The van der Waals surface area contributed by atoms with Gasteiger partial charge in [0.15, 0.2) is 0 Å². The molecule has 0 aliphatic heterocycles. The van der Waals surface area contributed by atoms with Crippen LogP contribution in [-0.4, -0.2) is 21.4 Å². The van der Waals surface area contributed by atoms with Gasteiger partial charge >= 0.3 is 0 Å². The van der Waals surface area contributed by atoms with Crippen molar-refractivity contribution in [3.8, 4) is 5.75 Å². The zero-order valence-electron chi connectivity index (χ0n) is 15.4. The SMILES string of the molecule is COc1ccc(CCC(C)(Cn2ccnc2)Sc2cc(Cl)ccc2Cl)cc1. The molecule has 0 radical (unpaired) electrons. The molecule has 1 atom stereocenters. The average molecular weight is 421 g/mol. The van der Waals surface area contributed by atoms with E-state index < -0.39 is 0 Å². The third-order valence-corrected chi connectivity index (χ3v) is 6.49. The standard InChI is InChI=1S/C21H22Cl2N2OS/c1-21(14-25-12-11-24-15-25,27-20-13-17(22)5-8-19(20)23)10-9-16-3-6-18(26-2)7-4-16/h3-8,11-13,15H,9-10,14H2,1-2H3. The van der Waals surface area contributed by atoms with E-state index in [0.29, 0.717) is 5.02 Å². The van der Waals surface area contributed by atoms with Crippen LogP contribution < -0.4 is 4.74 Å². The summed E-state index contributed by atoms with van der Waals surface area (Å²) in [6, 6.07) is 13.9. The first kappa shape index (κ1) is 20.1. The Labute approximate surface area is 174 Å². The van der Waals surface area contributed by atoms with Gasteiger partial charge in [0.05, 0.1) is 18.5 Å². The lowest BCUT2D eigenvalue weighted by atomic mass is 10.00. The molecule has 0 aliphatic carbocycles. The molecular weight excluding hydrogens is 399 g/mol. The third-order valence-electron chi connectivity index (χ3n) is 4.43. The molecule has 3 rings (SSSR count). The maximum absolute atomic E-state index is 6.42. The second kappa shape index (κ2) is 9.05. The van der Waals surface area contributed by atoms with Crippen LogP contribution in [0.1, 0.15) is 18.9 Å². The van der Waals surface area contributed by atoms with E-state index in [9.17, 15) is 0 Å². The van der Waals surface area contributed by atoms with Gasteiger partial charge in [-0.25, -0.2) is 4.98 Å². The number of ether oxygens (including phenoxy) is 1. The fraction of sp³-hybridized carbons (Fsp3) is 0.286. The Bertz CT molecular complexity index is 868. The summed E-state index contributed by atoms with van der Waals surface area (Å²) in [4.78, 5) is 5.18. The highest BCUT2D eigenvalue weighted by Gasteiger charge is 2.27. The van der Waals surface area contributed by atoms with Crippen molar-refractivity contribution in [1.82, 2.24) is 9.55 Å². The molecule has 2 aromatic carbocycles. The van der Waals surface area contributed by atoms with E-state index in [1.807, 2.05) is 42.9 Å². The number of hydrogen-bond acceptors (Lipinski definition) is 3. The zero-order chi connectivity index (χ0) is 19.3. The Balaban J connectivity index is 1.79. The van der Waals surface area contributed by atoms with E-state index in [1.54, 1.807) is 25.1 Å². The summed E-state index contributed by atoms with van der Waals surface area (Å²) in [7, 11) is 1.68. The van der Waals surface area contributed by atoms with Crippen molar-refractivity contribution in [2.45, 2.75) is 36.0 Å². The number of nitrogens with zero attached hydrogens (tertiary/aromatic N) is 2. The minimum Gasteiger partial charge on any atom is -0.497 e. The topological polar surface area (TPSA) is 27.1 Å². The van der Waals surface area contributed by atoms with Crippen molar-refractivity contribution in [3.05, 3.63) is 76.8 Å². The van der Waals surface area contributed by atoms with Gasteiger partial charge in [0.25, 0.3) is 0 Å². The number of benzene rings is 2. The number of halogens is 2. The summed E-state index contributed by atoms with van der Waals surface area (Å²) in [5, 5.41) is 1.42. The van der Waals surface area contributed by atoms with Gasteiger partial charge in [0, 0.05) is 33.6 Å². The molecule has 27 heavy (non-hydrogen) atoms. The van der Waals surface area contributed by atoms with Crippen LogP contribution in [-0.2, 0) is 13.0 Å². The molecule has 3 aromatic rings. The number of hydrogen-bond donors (Lipinski definition) is 0. The zero-order valence-corrected chi connectivity index (χ0v) is 17.7. The molecule has 0 N–H and O–H groups in total. The average Bonchev–Trinajstić information content (AvgIpc) is 3.16. The predicted octanol–water partition coefficient (Wildman–Crippen LogP) is 6.38. The van der Waals surface area contributed by atoms with E-state index in [0.717, 1.165) is 35.1 Å². The van der Waals surface area contributed by atoms with Gasteiger partial charge in [-0.2, -0.15) is 0 Å². The smallest absolute Gasteiger partial charge is 0.118 e. The van der Waals surface area contributed by atoms with Crippen LogP contribution in [0.5, 0.6) is 5.75 Å². The maximum Gasteiger partial charge on any atom is 0.118 e. The van der Waals surface area contributed by atoms with Gasteiger partial charge in [-0.15, -0.1) is 11.8 Å². The molecule has 0 aliphatic rings. The molecule has 0 bridgehead atoms. The van der Waals surface area contributed by atoms with Gasteiger partial charge in [-0.05, 0) is 55.7 Å². The number of rotatable bonds is 8. The minimum absolute atomic E-state index is 0.0745. The lowest BCUT2D eigenvalue weighted by Crippen LogP contribution is -2.27. The highest BCUT2D eigenvalue weighted by Crippen LogP contribution is 2.42. The van der Waals surface area contributed by atoms with Crippen molar-refractivity contribution in [2.75, 3.05) is 7.11 Å². The van der Waals surface area contributed by atoms with Crippen LogP contribution in [0.15, 0.2) is 66.1 Å². The molecule has 0 spiro atoms. The Kier molecular flexibility index (Phi) is 6.74. The minimum atomic E-state index is -0.0745. The molecule has 6 heteroatoms. The van der Waals surface area contributed by atoms with Gasteiger partial charge in [-0.3, -0.25) is 0 Å². The van der Waals surface area contributed by atoms with E-state index >= 15 is 0 Å². The summed E-state index contributed by atoms with van der Waals surface area (Å²) in [5.74, 6) is 0.875. The lowest BCUT2D eigenvalue weighted by molar-refractivity contribution is 0.414. The first-order valence-corrected chi connectivity index (χ1v) is 10.3. The summed E-state index contributed by atoms with van der Waals surface area (Å²) in [6.45, 7) is 3.09. The number of aryl methyl sites for hydroxylation is 1. The Morgan fingerprint density at radius 1 is 1.15 bits per heavy atom. The summed E-state index contributed by atoms with van der Waals surface area (Å²) < 4.78 is 7.28. The molecule has 1 unspecified atom stereocenters. The molecule has 142 valence electrons. The number of methoxy groups -OCH3 is 1. The van der Waals surface area contributed by atoms with Crippen LogP contribution in [0, 0.1) is 0 Å². The summed E-state index contributed by atoms with van der Waals surface area (Å²) >= 11 is 14.4. The molecule has 0 saturated carbocycles. The van der Waals surface area contributed by atoms with E-state index in [1.165, 1.54) is 5.56 Å². The summed E-state index contributed by atoms with van der Waals surface area (Å²) in [6.07, 6.45) is 7.59. The van der Waals surface area contributed by atoms with Crippen LogP contribution >= 0.6 is 35.0 Å². The molecule has 1 heterocycles. The molecule has 0 amide bonds. The first-order valence-electron chi connectivity index (χ1n) is 8.70. The quantitative estimate of drug-likeness (QED) is 0.395. The second-order valence-corrected chi connectivity index (χ2v) is 9.18. The molecule has 1 aromatic heterocycles. The van der Waals surface area contributed by atoms with Crippen molar-refractivity contribution in [3.63, 3.8) is 0 Å². The molecule has 3 nitrogen and oxygen atoms in total. The van der Waals surface area contributed by atoms with Gasteiger partial charge in [0.1, 0.15) is 5.75 Å². The maximum atomic E-state index is 6.42. The van der Waals surface area contributed by atoms with Gasteiger partial charge in [-0.1, -0.05) is 35.3 Å². The monoisotopic (exact) mass is 420 g/mol. The van der Waals surface area contributed by atoms with Crippen molar-refractivity contribution >= 4 is 35.0 Å². The first-order chi connectivity index (χ1) is 13.0. The highest BCUT2D eigenvalue weighted by molar-refractivity contribution is 8.00. The Morgan fingerprint density at radius 2 is 1.93 bits per heavy atom. The van der Waals surface area contributed by atoms with E-state index in [-0.39, 0.29) is 4.75 Å². The summed E-state index contributed by atoms with van der Waals surface area (Å²) in [5.41, 5.74) is 1.28.